The topological polar surface area (TPSA) is 63.6 Å². The smallest absolute Gasteiger partial charge is 0.145 e. The molecular formula is C15H15N5S. The van der Waals surface area contributed by atoms with Gasteiger partial charge in [-0.2, -0.15) is 0 Å². The monoisotopic (exact) mass is 297 g/mol. The van der Waals surface area contributed by atoms with Crippen LogP contribution >= 0.6 is 11.8 Å². The molecule has 0 unspecified atom stereocenters. The Hall–Kier alpha value is -2.21. The van der Waals surface area contributed by atoms with Gasteiger partial charge in [-0.25, -0.2) is 15.0 Å². The molecule has 2 aromatic heterocycles. The van der Waals surface area contributed by atoms with Crippen LogP contribution in [0.1, 0.15) is 13.3 Å². The maximum atomic E-state index is 4.54. The number of rotatable bonds is 5. The Labute approximate surface area is 127 Å². The second-order valence-electron chi connectivity index (χ2n) is 4.47. The van der Waals surface area contributed by atoms with E-state index in [1.807, 2.05) is 24.3 Å². The van der Waals surface area contributed by atoms with E-state index in [2.05, 4.69) is 32.2 Å². The van der Waals surface area contributed by atoms with Crippen LogP contribution in [0.2, 0.25) is 0 Å². The van der Waals surface area contributed by atoms with Crippen LogP contribution < -0.4 is 5.32 Å². The first-order valence-corrected chi connectivity index (χ1v) is 7.62. The SMILES string of the molecule is CCCNc1cncc(Sc2ncnc3ccccc23)n1. The second-order valence-corrected chi connectivity index (χ2v) is 5.48. The van der Waals surface area contributed by atoms with Gasteiger partial charge in [-0.1, -0.05) is 25.1 Å². The van der Waals surface area contributed by atoms with Gasteiger partial charge in [0.15, 0.2) is 0 Å². The van der Waals surface area contributed by atoms with Crippen LogP contribution in [-0.4, -0.2) is 26.5 Å². The van der Waals surface area contributed by atoms with Gasteiger partial charge in [0, 0.05) is 11.9 Å². The molecule has 0 bridgehead atoms. The van der Waals surface area contributed by atoms with E-state index in [0.717, 1.165) is 39.7 Å². The molecule has 2 heterocycles. The Balaban J connectivity index is 1.88. The van der Waals surface area contributed by atoms with Crippen molar-refractivity contribution < 1.29 is 0 Å². The molecule has 1 aromatic carbocycles. The third-order valence-corrected chi connectivity index (χ3v) is 3.80. The molecule has 0 fully saturated rings. The maximum absolute atomic E-state index is 4.54. The molecule has 21 heavy (non-hydrogen) atoms. The third kappa shape index (κ3) is 3.28. The summed E-state index contributed by atoms with van der Waals surface area (Å²) in [6.45, 7) is 3.01. The number of nitrogens with zero attached hydrogens (tertiary/aromatic N) is 4. The van der Waals surface area contributed by atoms with E-state index in [4.69, 9.17) is 0 Å². The van der Waals surface area contributed by atoms with Crippen molar-refractivity contribution in [1.29, 1.82) is 0 Å². The lowest BCUT2D eigenvalue weighted by Gasteiger charge is -2.06. The molecule has 3 rings (SSSR count). The third-order valence-electron chi connectivity index (χ3n) is 2.88. The summed E-state index contributed by atoms with van der Waals surface area (Å²) < 4.78 is 0. The predicted molar refractivity (Wildman–Crippen MR) is 84.5 cm³/mol. The van der Waals surface area contributed by atoms with Crippen LogP contribution in [0.3, 0.4) is 0 Å². The number of nitrogens with one attached hydrogen (secondary N) is 1. The van der Waals surface area contributed by atoms with Crippen LogP contribution in [0.25, 0.3) is 10.9 Å². The average molecular weight is 297 g/mol. The Kier molecular flexibility index (Phi) is 4.25. The van der Waals surface area contributed by atoms with Crippen molar-refractivity contribution in [3.05, 3.63) is 43.0 Å². The number of hydrogen-bond donors (Lipinski definition) is 1. The average Bonchev–Trinajstić information content (AvgIpc) is 2.54. The molecule has 106 valence electrons. The molecule has 0 aliphatic carbocycles. The normalized spacial score (nSPS) is 10.7. The number of fused-ring (bicyclic) bond motifs is 1. The van der Waals surface area contributed by atoms with Gasteiger partial charge in [0.1, 0.15) is 22.2 Å². The first kappa shape index (κ1) is 13.8. The van der Waals surface area contributed by atoms with Crippen LogP contribution in [0.4, 0.5) is 5.82 Å². The van der Waals surface area contributed by atoms with Gasteiger partial charge in [-0.05, 0) is 24.2 Å². The summed E-state index contributed by atoms with van der Waals surface area (Å²) in [5.74, 6) is 0.792. The highest BCUT2D eigenvalue weighted by atomic mass is 32.2. The zero-order chi connectivity index (χ0) is 14.5. The van der Waals surface area contributed by atoms with E-state index in [9.17, 15) is 0 Å². The fourth-order valence-electron chi connectivity index (χ4n) is 1.90. The standard InChI is InChI=1S/C15H15N5S/c1-2-7-17-13-8-16-9-14(20-13)21-15-11-5-3-4-6-12(11)18-10-19-15/h3-6,8-10H,2,7H2,1H3,(H,17,20). The van der Waals surface area contributed by atoms with Gasteiger partial charge in [0.2, 0.25) is 0 Å². The highest BCUT2D eigenvalue weighted by Gasteiger charge is 2.07. The lowest BCUT2D eigenvalue weighted by atomic mass is 10.2. The van der Waals surface area contributed by atoms with E-state index in [1.165, 1.54) is 11.8 Å². The lowest BCUT2D eigenvalue weighted by Crippen LogP contribution is -2.02. The molecule has 0 saturated heterocycles. The van der Waals surface area contributed by atoms with Gasteiger partial charge in [0.25, 0.3) is 0 Å². The molecule has 3 aromatic rings. The fourth-order valence-corrected chi connectivity index (χ4v) is 2.73. The zero-order valence-corrected chi connectivity index (χ0v) is 12.5. The molecule has 0 spiro atoms. The van der Waals surface area contributed by atoms with Crippen molar-refractivity contribution in [3.63, 3.8) is 0 Å². The van der Waals surface area contributed by atoms with Crippen LogP contribution in [0.5, 0.6) is 0 Å². The van der Waals surface area contributed by atoms with Crippen LogP contribution in [-0.2, 0) is 0 Å². The van der Waals surface area contributed by atoms with Crippen molar-refractivity contribution >= 4 is 28.5 Å². The molecule has 6 heteroatoms. The van der Waals surface area contributed by atoms with Crippen molar-refractivity contribution in [2.24, 2.45) is 0 Å². The predicted octanol–water partition coefficient (Wildman–Crippen LogP) is 3.39. The van der Waals surface area contributed by atoms with Crippen molar-refractivity contribution in [2.75, 3.05) is 11.9 Å². The van der Waals surface area contributed by atoms with Gasteiger partial charge in [-0.15, -0.1) is 0 Å². The molecule has 0 aliphatic heterocycles. The summed E-state index contributed by atoms with van der Waals surface area (Å²) in [7, 11) is 0. The highest BCUT2D eigenvalue weighted by Crippen LogP contribution is 2.29. The minimum absolute atomic E-state index is 0.792. The minimum Gasteiger partial charge on any atom is -0.369 e. The first-order valence-electron chi connectivity index (χ1n) is 6.80. The van der Waals surface area contributed by atoms with Crippen molar-refractivity contribution in [3.8, 4) is 0 Å². The Bertz CT molecular complexity index is 741. The maximum Gasteiger partial charge on any atom is 0.145 e. The summed E-state index contributed by atoms with van der Waals surface area (Å²) in [5, 5.41) is 5.98. The summed E-state index contributed by atoms with van der Waals surface area (Å²) >= 11 is 1.50. The number of hydrogen-bond acceptors (Lipinski definition) is 6. The second kappa shape index (κ2) is 6.49. The molecule has 0 saturated carbocycles. The van der Waals surface area contributed by atoms with E-state index in [1.54, 1.807) is 18.7 Å². The van der Waals surface area contributed by atoms with Gasteiger partial charge in [-0.3, -0.25) is 4.98 Å². The summed E-state index contributed by atoms with van der Waals surface area (Å²) in [4.78, 5) is 17.4. The van der Waals surface area contributed by atoms with Gasteiger partial charge >= 0.3 is 0 Å². The molecular weight excluding hydrogens is 282 g/mol. The zero-order valence-electron chi connectivity index (χ0n) is 11.7. The molecule has 0 radical (unpaired) electrons. The highest BCUT2D eigenvalue weighted by molar-refractivity contribution is 7.99. The quantitative estimate of drug-likeness (QED) is 0.728. The molecule has 0 atom stereocenters. The van der Waals surface area contributed by atoms with Crippen molar-refractivity contribution in [2.45, 2.75) is 23.4 Å². The van der Waals surface area contributed by atoms with E-state index in [0.29, 0.717) is 0 Å². The summed E-state index contributed by atoms with van der Waals surface area (Å²) in [6, 6.07) is 7.95. The van der Waals surface area contributed by atoms with Crippen LogP contribution in [0, 0.1) is 0 Å². The number of anilines is 1. The van der Waals surface area contributed by atoms with Gasteiger partial charge < -0.3 is 5.32 Å². The largest absolute Gasteiger partial charge is 0.369 e. The Morgan fingerprint density at radius 3 is 2.95 bits per heavy atom. The van der Waals surface area contributed by atoms with E-state index < -0.39 is 0 Å². The van der Waals surface area contributed by atoms with Crippen LogP contribution in [0.15, 0.2) is 53.0 Å². The number of para-hydroxylation sites is 1. The Morgan fingerprint density at radius 2 is 2.05 bits per heavy atom. The van der Waals surface area contributed by atoms with E-state index >= 15 is 0 Å². The summed E-state index contributed by atoms with van der Waals surface area (Å²) in [6.07, 6.45) is 6.11. The molecule has 1 N–H and O–H groups in total. The minimum atomic E-state index is 0.792. The first-order chi connectivity index (χ1) is 10.4. The summed E-state index contributed by atoms with van der Waals surface area (Å²) in [5.41, 5.74) is 0.934. The van der Waals surface area contributed by atoms with Gasteiger partial charge in [0.05, 0.1) is 17.9 Å². The Morgan fingerprint density at radius 1 is 1.14 bits per heavy atom. The van der Waals surface area contributed by atoms with Crippen molar-refractivity contribution in [1.82, 2.24) is 19.9 Å². The molecule has 0 amide bonds. The molecule has 0 aliphatic rings. The number of benzene rings is 1. The molecule has 5 nitrogen and oxygen atoms in total. The lowest BCUT2D eigenvalue weighted by molar-refractivity contribution is 0.947. The van der Waals surface area contributed by atoms with E-state index in [-0.39, 0.29) is 0 Å². The number of aromatic nitrogens is 4. The fraction of sp³-hybridized carbons (Fsp3) is 0.200.